The standard InChI is InChI=1S/C12H22O11/c13-1-3-5(14)8(17)10(19)12(23-3)21-2-4-6(15)7(16)9(18)11(20)22-4/h3-20H,1-2H2/t3?,4?,5-,6-,7?,8?,9+,10+,11?,12-/m0/s1. The van der Waals surface area contributed by atoms with Gasteiger partial charge in [0.05, 0.1) is 13.2 Å². The van der Waals surface area contributed by atoms with Crippen LogP contribution in [0.4, 0.5) is 0 Å². The number of aliphatic hydroxyl groups excluding tert-OH is 8. The van der Waals surface area contributed by atoms with E-state index in [1.54, 1.807) is 0 Å². The van der Waals surface area contributed by atoms with E-state index < -0.39 is 74.6 Å². The van der Waals surface area contributed by atoms with Crippen LogP contribution in [0.5, 0.6) is 0 Å². The maximum atomic E-state index is 9.78. The van der Waals surface area contributed by atoms with Gasteiger partial charge >= 0.3 is 0 Å². The zero-order valence-electron chi connectivity index (χ0n) is 12.0. The fourth-order valence-corrected chi connectivity index (χ4v) is 2.46. The molecule has 0 aromatic carbocycles. The molecule has 2 aliphatic heterocycles. The minimum Gasteiger partial charge on any atom is -0.394 e. The molecule has 2 heterocycles. The minimum atomic E-state index is -1.74. The molecule has 2 fully saturated rings. The molecule has 0 aromatic rings. The maximum absolute atomic E-state index is 9.78. The summed E-state index contributed by atoms with van der Waals surface area (Å²) in [5, 5.41) is 76.1. The van der Waals surface area contributed by atoms with Crippen LogP contribution in [0, 0.1) is 0 Å². The molecule has 11 nitrogen and oxygen atoms in total. The Kier molecular flexibility index (Phi) is 6.27. The molecule has 11 heteroatoms. The van der Waals surface area contributed by atoms with Gasteiger partial charge in [-0.15, -0.1) is 0 Å². The van der Waals surface area contributed by atoms with Gasteiger partial charge in [-0.25, -0.2) is 0 Å². The lowest BCUT2D eigenvalue weighted by atomic mass is 9.98. The van der Waals surface area contributed by atoms with Gasteiger partial charge in [-0.05, 0) is 0 Å². The van der Waals surface area contributed by atoms with Crippen molar-refractivity contribution >= 4 is 0 Å². The summed E-state index contributed by atoms with van der Waals surface area (Å²) < 4.78 is 15.1. The fraction of sp³-hybridized carbons (Fsp3) is 1.00. The molecule has 0 radical (unpaired) electrons. The first-order chi connectivity index (χ1) is 10.8. The molecular weight excluding hydrogens is 320 g/mol. The third-order valence-corrected chi connectivity index (χ3v) is 3.96. The SMILES string of the molecule is OCC1O[C@H](OCC2OC(O)[C@H](O)C(O)[C@H]2O)[C@H](O)C(O)[C@H]1O. The van der Waals surface area contributed by atoms with E-state index in [4.69, 9.17) is 19.3 Å². The number of hydrogen-bond donors (Lipinski definition) is 8. The minimum absolute atomic E-state index is 0.468. The Bertz CT molecular complexity index is 380. The van der Waals surface area contributed by atoms with Gasteiger partial charge in [0.25, 0.3) is 0 Å². The molecule has 5 unspecified atom stereocenters. The monoisotopic (exact) mass is 342 g/mol. The van der Waals surface area contributed by atoms with Crippen LogP contribution in [0.1, 0.15) is 0 Å². The van der Waals surface area contributed by atoms with E-state index >= 15 is 0 Å². The molecule has 2 aliphatic rings. The van der Waals surface area contributed by atoms with Crippen molar-refractivity contribution < 1.29 is 55.1 Å². The van der Waals surface area contributed by atoms with Crippen LogP contribution in [-0.2, 0) is 14.2 Å². The molecular formula is C12H22O11. The van der Waals surface area contributed by atoms with Crippen molar-refractivity contribution in [2.45, 2.75) is 61.4 Å². The summed E-state index contributed by atoms with van der Waals surface area (Å²) in [6.45, 7) is -1.10. The summed E-state index contributed by atoms with van der Waals surface area (Å²) in [4.78, 5) is 0. The molecule has 0 bridgehead atoms. The molecule has 0 aliphatic carbocycles. The van der Waals surface area contributed by atoms with E-state index in [-0.39, 0.29) is 0 Å². The lowest BCUT2D eigenvalue weighted by Gasteiger charge is -2.41. The van der Waals surface area contributed by atoms with Crippen LogP contribution in [-0.4, -0.2) is 115 Å². The van der Waals surface area contributed by atoms with Gasteiger partial charge in [-0.2, -0.15) is 0 Å². The van der Waals surface area contributed by atoms with Crippen molar-refractivity contribution in [2.75, 3.05) is 13.2 Å². The highest BCUT2D eigenvalue weighted by Crippen LogP contribution is 2.24. The predicted molar refractivity (Wildman–Crippen MR) is 68.6 cm³/mol. The number of ether oxygens (including phenoxy) is 3. The second kappa shape index (κ2) is 7.63. The highest BCUT2D eigenvalue weighted by Gasteiger charge is 2.46. The third-order valence-electron chi connectivity index (χ3n) is 3.96. The van der Waals surface area contributed by atoms with Crippen LogP contribution < -0.4 is 0 Å². The van der Waals surface area contributed by atoms with Gasteiger partial charge in [-0.1, -0.05) is 0 Å². The molecule has 0 spiro atoms. The van der Waals surface area contributed by atoms with E-state index in [0.29, 0.717) is 0 Å². The highest BCUT2D eigenvalue weighted by molar-refractivity contribution is 4.91. The zero-order valence-corrected chi connectivity index (χ0v) is 12.0. The van der Waals surface area contributed by atoms with Gasteiger partial charge in [0.2, 0.25) is 0 Å². The van der Waals surface area contributed by atoms with E-state index in [9.17, 15) is 35.7 Å². The van der Waals surface area contributed by atoms with E-state index in [0.717, 1.165) is 0 Å². The van der Waals surface area contributed by atoms with E-state index in [2.05, 4.69) is 0 Å². The van der Waals surface area contributed by atoms with Crippen molar-refractivity contribution in [3.05, 3.63) is 0 Å². The van der Waals surface area contributed by atoms with Crippen molar-refractivity contribution in [2.24, 2.45) is 0 Å². The molecule has 0 saturated carbocycles. The van der Waals surface area contributed by atoms with E-state index in [1.807, 2.05) is 0 Å². The van der Waals surface area contributed by atoms with Crippen molar-refractivity contribution in [3.8, 4) is 0 Å². The summed E-state index contributed by atoms with van der Waals surface area (Å²) in [6.07, 6.45) is -15.3. The topological polar surface area (TPSA) is 190 Å². The second-order valence-corrected chi connectivity index (χ2v) is 5.57. The Labute approximate surface area is 130 Å². The zero-order chi connectivity index (χ0) is 17.3. The third kappa shape index (κ3) is 3.81. The number of aliphatic hydroxyl groups is 8. The van der Waals surface area contributed by atoms with E-state index in [1.165, 1.54) is 0 Å². The molecule has 2 rings (SSSR count). The first-order valence-corrected chi connectivity index (χ1v) is 7.07. The smallest absolute Gasteiger partial charge is 0.186 e. The highest BCUT2D eigenvalue weighted by atomic mass is 16.7. The molecule has 8 N–H and O–H groups in total. The van der Waals surface area contributed by atoms with Gasteiger partial charge in [0.1, 0.15) is 48.8 Å². The van der Waals surface area contributed by atoms with Gasteiger partial charge in [0.15, 0.2) is 12.6 Å². The average molecular weight is 342 g/mol. The summed E-state index contributed by atoms with van der Waals surface area (Å²) in [5.74, 6) is 0. The van der Waals surface area contributed by atoms with Crippen molar-refractivity contribution in [3.63, 3.8) is 0 Å². The normalized spacial score (nSPS) is 51.7. The predicted octanol–water partition coefficient (Wildman–Crippen LogP) is -5.40. The number of rotatable bonds is 4. The Morgan fingerprint density at radius 3 is 1.83 bits per heavy atom. The Morgan fingerprint density at radius 2 is 1.22 bits per heavy atom. The van der Waals surface area contributed by atoms with Crippen LogP contribution >= 0.6 is 0 Å². The average Bonchev–Trinajstić information content (AvgIpc) is 2.54. The first kappa shape index (κ1) is 18.9. The summed E-state index contributed by atoms with van der Waals surface area (Å²) in [7, 11) is 0. The molecule has 23 heavy (non-hydrogen) atoms. The largest absolute Gasteiger partial charge is 0.394 e. The fourth-order valence-electron chi connectivity index (χ4n) is 2.46. The molecule has 10 atom stereocenters. The van der Waals surface area contributed by atoms with Crippen molar-refractivity contribution in [1.82, 2.24) is 0 Å². The van der Waals surface area contributed by atoms with Gasteiger partial charge in [-0.3, -0.25) is 0 Å². The van der Waals surface area contributed by atoms with Crippen LogP contribution in [0.15, 0.2) is 0 Å². The number of hydrogen-bond acceptors (Lipinski definition) is 11. The Hall–Kier alpha value is -0.440. The quantitative estimate of drug-likeness (QED) is 0.243. The second-order valence-electron chi connectivity index (χ2n) is 5.57. The Morgan fingerprint density at radius 1 is 0.652 bits per heavy atom. The van der Waals surface area contributed by atoms with Gasteiger partial charge in [0, 0.05) is 0 Å². The van der Waals surface area contributed by atoms with Crippen LogP contribution in [0.2, 0.25) is 0 Å². The van der Waals surface area contributed by atoms with Crippen LogP contribution in [0.25, 0.3) is 0 Å². The molecule has 136 valence electrons. The summed E-state index contributed by atoms with van der Waals surface area (Å²) in [6, 6.07) is 0. The van der Waals surface area contributed by atoms with Crippen molar-refractivity contribution in [1.29, 1.82) is 0 Å². The molecule has 0 aromatic heterocycles. The molecule has 0 amide bonds. The lowest BCUT2D eigenvalue weighted by Crippen LogP contribution is -2.61. The molecule has 2 saturated heterocycles. The van der Waals surface area contributed by atoms with Crippen LogP contribution in [0.3, 0.4) is 0 Å². The summed E-state index contributed by atoms with van der Waals surface area (Å²) in [5.41, 5.74) is 0. The lowest BCUT2D eigenvalue weighted by molar-refractivity contribution is -0.325. The first-order valence-electron chi connectivity index (χ1n) is 7.07. The van der Waals surface area contributed by atoms with Gasteiger partial charge < -0.3 is 55.1 Å². The summed E-state index contributed by atoms with van der Waals surface area (Å²) >= 11 is 0. The Balaban J connectivity index is 1.94. The maximum Gasteiger partial charge on any atom is 0.186 e.